The molecular formula is C43H77NO8. The molecule has 0 aromatic rings. The van der Waals surface area contributed by atoms with Crippen LogP contribution in [0, 0.1) is 0 Å². The second kappa shape index (κ2) is 39.5. The van der Waals surface area contributed by atoms with Crippen molar-refractivity contribution in [3.8, 4) is 0 Å². The Balaban J connectivity index is 3.59. The number of unbranched alkanes of at least 4 members (excludes halogenated alkanes) is 20. The van der Waals surface area contributed by atoms with Crippen LogP contribution in [0.25, 0.3) is 0 Å². The molecule has 52 heavy (non-hydrogen) atoms. The molecule has 0 rings (SSSR count). The SMILES string of the molecule is CCCCC/C=C\C/C=C\CCCCCCCC(=O)OCC(O)COC(=O)CCC(=O)OCCNC(=O)CCCCCCCCCCCCCCC. The molecule has 9 nitrogen and oxygen atoms in total. The van der Waals surface area contributed by atoms with Gasteiger partial charge in [0.2, 0.25) is 5.91 Å². The van der Waals surface area contributed by atoms with Gasteiger partial charge >= 0.3 is 17.9 Å². The molecule has 0 aliphatic heterocycles. The van der Waals surface area contributed by atoms with Crippen molar-refractivity contribution in [2.24, 2.45) is 0 Å². The fourth-order valence-electron chi connectivity index (χ4n) is 5.67. The largest absolute Gasteiger partial charge is 0.464 e. The third-order valence-electron chi connectivity index (χ3n) is 8.93. The van der Waals surface area contributed by atoms with Crippen LogP contribution in [-0.2, 0) is 33.4 Å². The lowest BCUT2D eigenvalue weighted by molar-refractivity contribution is -0.155. The van der Waals surface area contributed by atoms with Gasteiger partial charge in [0.1, 0.15) is 25.9 Å². The number of allylic oxidation sites excluding steroid dienone is 4. The Hall–Kier alpha value is -2.68. The number of hydrogen-bond donors (Lipinski definition) is 2. The summed E-state index contributed by atoms with van der Waals surface area (Å²) in [5.74, 6) is -1.65. The summed E-state index contributed by atoms with van der Waals surface area (Å²) >= 11 is 0. The van der Waals surface area contributed by atoms with E-state index in [0.717, 1.165) is 64.2 Å². The zero-order chi connectivity index (χ0) is 38.2. The topological polar surface area (TPSA) is 128 Å². The van der Waals surface area contributed by atoms with Crippen molar-refractivity contribution in [3.63, 3.8) is 0 Å². The quantitative estimate of drug-likeness (QED) is 0.0278. The van der Waals surface area contributed by atoms with Gasteiger partial charge in [-0.05, 0) is 44.9 Å². The Morgan fingerprint density at radius 3 is 1.44 bits per heavy atom. The summed E-state index contributed by atoms with van der Waals surface area (Å²) in [6.45, 7) is 4.17. The first-order valence-corrected chi connectivity index (χ1v) is 21.1. The minimum Gasteiger partial charge on any atom is -0.464 e. The lowest BCUT2D eigenvalue weighted by atomic mass is 10.0. The molecular weight excluding hydrogens is 658 g/mol. The van der Waals surface area contributed by atoms with Crippen molar-refractivity contribution in [1.29, 1.82) is 0 Å². The Morgan fingerprint density at radius 2 is 0.904 bits per heavy atom. The van der Waals surface area contributed by atoms with E-state index < -0.39 is 18.0 Å². The number of aliphatic hydroxyl groups is 1. The second-order valence-electron chi connectivity index (χ2n) is 14.1. The smallest absolute Gasteiger partial charge is 0.306 e. The van der Waals surface area contributed by atoms with E-state index in [1.807, 2.05) is 0 Å². The first-order chi connectivity index (χ1) is 25.4. The Morgan fingerprint density at radius 1 is 0.500 bits per heavy atom. The molecule has 0 fully saturated rings. The summed E-state index contributed by atoms with van der Waals surface area (Å²) in [5.41, 5.74) is 0. The predicted octanol–water partition coefficient (Wildman–Crippen LogP) is 10.2. The number of hydrogen-bond acceptors (Lipinski definition) is 8. The van der Waals surface area contributed by atoms with Crippen LogP contribution >= 0.6 is 0 Å². The number of carbonyl (C=O) groups is 4. The van der Waals surface area contributed by atoms with E-state index >= 15 is 0 Å². The third kappa shape index (κ3) is 38.5. The molecule has 9 heteroatoms. The predicted molar refractivity (Wildman–Crippen MR) is 211 cm³/mol. The Kier molecular flexibility index (Phi) is 37.5. The average Bonchev–Trinajstić information content (AvgIpc) is 3.14. The second-order valence-corrected chi connectivity index (χ2v) is 14.1. The Labute approximate surface area is 317 Å². The van der Waals surface area contributed by atoms with Gasteiger partial charge in [-0.3, -0.25) is 19.2 Å². The van der Waals surface area contributed by atoms with E-state index in [-0.39, 0.29) is 51.1 Å². The Bertz CT molecular complexity index is 919. The molecule has 1 amide bonds. The first kappa shape index (κ1) is 49.3. The summed E-state index contributed by atoms with van der Waals surface area (Å²) in [7, 11) is 0. The maximum Gasteiger partial charge on any atom is 0.306 e. The lowest BCUT2D eigenvalue weighted by Gasteiger charge is -2.12. The highest BCUT2D eigenvalue weighted by atomic mass is 16.6. The molecule has 0 radical (unpaired) electrons. The molecule has 0 aromatic carbocycles. The number of nitrogens with one attached hydrogen (secondary N) is 1. The van der Waals surface area contributed by atoms with Gasteiger partial charge in [0.05, 0.1) is 19.4 Å². The number of rotatable bonds is 38. The number of ether oxygens (including phenoxy) is 3. The molecule has 302 valence electrons. The maximum atomic E-state index is 12.0. The fourth-order valence-corrected chi connectivity index (χ4v) is 5.67. The van der Waals surface area contributed by atoms with E-state index in [9.17, 15) is 24.3 Å². The van der Waals surface area contributed by atoms with Crippen molar-refractivity contribution in [2.45, 2.75) is 200 Å². The normalized spacial score (nSPS) is 12.0. The molecule has 0 bridgehead atoms. The van der Waals surface area contributed by atoms with E-state index in [1.165, 1.54) is 89.9 Å². The van der Waals surface area contributed by atoms with E-state index in [4.69, 9.17) is 14.2 Å². The molecule has 1 atom stereocenters. The summed E-state index contributed by atoms with van der Waals surface area (Å²) in [5, 5.41) is 12.7. The lowest BCUT2D eigenvalue weighted by Crippen LogP contribution is -2.28. The first-order valence-electron chi connectivity index (χ1n) is 21.1. The summed E-state index contributed by atoms with van der Waals surface area (Å²) in [4.78, 5) is 47.8. The average molecular weight is 736 g/mol. The number of aliphatic hydroxyl groups excluding tert-OH is 1. The summed E-state index contributed by atoms with van der Waals surface area (Å²) in [6, 6.07) is 0. The van der Waals surface area contributed by atoms with E-state index in [1.54, 1.807) is 0 Å². The van der Waals surface area contributed by atoms with Gasteiger partial charge in [-0.15, -0.1) is 0 Å². The molecule has 2 N–H and O–H groups in total. The van der Waals surface area contributed by atoms with Crippen LogP contribution in [-0.4, -0.2) is 61.4 Å². The molecule has 0 aliphatic carbocycles. The van der Waals surface area contributed by atoms with Gasteiger partial charge in [-0.1, -0.05) is 147 Å². The molecule has 0 spiro atoms. The van der Waals surface area contributed by atoms with Gasteiger partial charge in [0.15, 0.2) is 0 Å². The van der Waals surface area contributed by atoms with Crippen LogP contribution in [0.3, 0.4) is 0 Å². The molecule has 0 aliphatic rings. The monoisotopic (exact) mass is 736 g/mol. The zero-order valence-electron chi connectivity index (χ0n) is 33.3. The summed E-state index contributed by atoms with van der Waals surface area (Å²) < 4.78 is 15.1. The highest BCUT2D eigenvalue weighted by Crippen LogP contribution is 2.13. The van der Waals surface area contributed by atoms with Crippen molar-refractivity contribution in [3.05, 3.63) is 24.3 Å². The van der Waals surface area contributed by atoms with E-state index in [2.05, 4.69) is 43.5 Å². The van der Waals surface area contributed by atoms with Crippen LogP contribution in [0.4, 0.5) is 0 Å². The van der Waals surface area contributed by atoms with Crippen LogP contribution in [0.2, 0.25) is 0 Å². The van der Waals surface area contributed by atoms with Gasteiger partial charge in [-0.2, -0.15) is 0 Å². The highest BCUT2D eigenvalue weighted by Gasteiger charge is 2.14. The fraction of sp³-hybridized carbons (Fsp3) is 0.814. The standard InChI is InChI=1S/C43H77NO8/c1-3-5-7-9-11-13-15-17-18-20-22-24-26-28-30-32-41(47)51-37-39(45)38-52-43(49)34-33-42(48)50-36-35-44-40(46)31-29-27-25-23-21-19-16-14-12-10-8-6-4-2/h11,13,17-18,39,45H,3-10,12,14-16,19-38H2,1-2H3,(H,44,46)/b13-11-,18-17-. The highest BCUT2D eigenvalue weighted by molar-refractivity contribution is 5.78. The van der Waals surface area contributed by atoms with Crippen molar-refractivity contribution in [1.82, 2.24) is 5.32 Å². The van der Waals surface area contributed by atoms with Crippen LogP contribution in [0.1, 0.15) is 194 Å². The van der Waals surface area contributed by atoms with E-state index in [0.29, 0.717) is 12.8 Å². The van der Waals surface area contributed by atoms with Gasteiger partial charge in [0, 0.05) is 12.8 Å². The molecule has 0 saturated heterocycles. The number of amides is 1. The maximum absolute atomic E-state index is 12.0. The van der Waals surface area contributed by atoms with Gasteiger partial charge in [0.25, 0.3) is 0 Å². The van der Waals surface area contributed by atoms with Crippen molar-refractivity contribution in [2.75, 3.05) is 26.4 Å². The minimum atomic E-state index is -1.13. The van der Waals surface area contributed by atoms with Crippen molar-refractivity contribution < 1.29 is 38.5 Å². The molecule has 0 heterocycles. The van der Waals surface area contributed by atoms with Gasteiger partial charge in [-0.25, -0.2) is 0 Å². The third-order valence-corrected chi connectivity index (χ3v) is 8.93. The number of carbonyl (C=O) groups excluding carboxylic acids is 4. The zero-order valence-corrected chi connectivity index (χ0v) is 33.3. The molecule has 1 unspecified atom stereocenters. The van der Waals surface area contributed by atoms with Crippen LogP contribution < -0.4 is 5.32 Å². The molecule has 0 aromatic heterocycles. The summed E-state index contributed by atoms with van der Waals surface area (Å²) in [6.07, 6.45) is 36.8. The van der Waals surface area contributed by atoms with Crippen molar-refractivity contribution >= 4 is 23.8 Å². The van der Waals surface area contributed by atoms with Crippen LogP contribution in [0.5, 0.6) is 0 Å². The van der Waals surface area contributed by atoms with Crippen LogP contribution in [0.15, 0.2) is 24.3 Å². The molecule has 0 saturated carbocycles. The number of esters is 3. The minimum absolute atomic E-state index is 0.0392. The van der Waals surface area contributed by atoms with Gasteiger partial charge < -0.3 is 24.6 Å².